The van der Waals surface area contributed by atoms with Crippen LogP contribution in [-0.4, -0.2) is 9.97 Å². The summed E-state index contributed by atoms with van der Waals surface area (Å²) in [4.78, 5) is 8.02. The Morgan fingerprint density at radius 2 is 1.85 bits per heavy atom. The molecule has 6 heteroatoms. The van der Waals surface area contributed by atoms with Crippen molar-refractivity contribution in [3.63, 3.8) is 0 Å². The molecule has 0 aliphatic heterocycles. The number of rotatable bonds is 2. The molecule has 0 amide bonds. The van der Waals surface area contributed by atoms with Gasteiger partial charge in [0.15, 0.2) is 11.6 Å². The van der Waals surface area contributed by atoms with Crippen molar-refractivity contribution in [2.45, 2.75) is 0 Å². The van der Waals surface area contributed by atoms with Gasteiger partial charge < -0.3 is 4.74 Å². The lowest BCUT2D eigenvalue weighted by atomic mass is 10.2. The van der Waals surface area contributed by atoms with Crippen LogP contribution in [0, 0.1) is 5.82 Å². The van der Waals surface area contributed by atoms with Gasteiger partial charge in [0.2, 0.25) is 5.88 Å². The summed E-state index contributed by atoms with van der Waals surface area (Å²) >= 11 is 12.1. The molecule has 3 aromatic rings. The lowest BCUT2D eigenvalue weighted by molar-refractivity contribution is 0.432. The van der Waals surface area contributed by atoms with Gasteiger partial charge in [0.1, 0.15) is 5.15 Å². The first-order chi connectivity index (χ1) is 9.66. The minimum absolute atomic E-state index is 0.0588. The lowest BCUT2D eigenvalue weighted by Gasteiger charge is -2.09. The fourth-order valence-electron chi connectivity index (χ4n) is 1.80. The molecule has 0 saturated carbocycles. The number of hydrogen-bond acceptors (Lipinski definition) is 3. The topological polar surface area (TPSA) is 35.0 Å². The van der Waals surface area contributed by atoms with Gasteiger partial charge in [-0.05, 0) is 18.2 Å². The molecule has 0 saturated heterocycles. The van der Waals surface area contributed by atoms with Crippen LogP contribution in [-0.2, 0) is 0 Å². The second kappa shape index (κ2) is 5.23. The number of benzene rings is 1. The van der Waals surface area contributed by atoms with Gasteiger partial charge in [-0.25, -0.2) is 14.4 Å². The van der Waals surface area contributed by atoms with Crippen LogP contribution in [0.1, 0.15) is 0 Å². The lowest BCUT2D eigenvalue weighted by Crippen LogP contribution is -1.93. The minimum Gasteiger partial charge on any atom is -0.435 e. The molecular formula is C14H7Cl2FN2O. The normalized spacial score (nSPS) is 10.8. The van der Waals surface area contributed by atoms with Crippen molar-refractivity contribution in [2.24, 2.45) is 0 Å². The summed E-state index contributed by atoms with van der Waals surface area (Å²) in [5.41, 5.74) is 0. The quantitative estimate of drug-likeness (QED) is 0.634. The molecule has 0 aliphatic rings. The number of aromatic nitrogens is 2. The van der Waals surface area contributed by atoms with Crippen molar-refractivity contribution in [1.29, 1.82) is 0 Å². The van der Waals surface area contributed by atoms with E-state index < -0.39 is 5.82 Å². The van der Waals surface area contributed by atoms with E-state index in [1.165, 1.54) is 24.5 Å². The standard InChI is InChI=1S/C14H7Cl2FN2O/c15-9-7-19-13(16)12-8(9)5-6-18-14(12)20-11-4-2-1-3-10(11)17/h1-7H. The zero-order chi connectivity index (χ0) is 14.1. The highest BCUT2D eigenvalue weighted by molar-refractivity contribution is 6.39. The molecule has 0 N–H and O–H groups in total. The Hall–Kier alpha value is -1.91. The second-order valence-electron chi connectivity index (χ2n) is 3.97. The summed E-state index contributed by atoms with van der Waals surface area (Å²) in [6.07, 6.45) is 2.96. The zero-order valence-electron chi connectivity index (χ0n) is 9.98. The van der Waals surface area contributed by atoms with Crippen molar-refractivity contribution >= 4 is 34.0 Å². The molecule has 0 atom stereocenters. The van der Waals surface area contributed by atoms with E-state index in [1.807, 2.05) is 0 Å². The van der Waals surface area contributed by atoms with Crippen LogP contribution in [0.5, 0.6) is 11.6 Å². The van der Waals surface area contributed by atoms with E-state index in [1.54, 1.807) is 18.2 Å². The molecule has 0 spiro atoms. The molecule has 2 heterocycles. The highest BCUT2D eigenvalue weighted by Crippen LogP contribution is 2.35. The first-order valence-corrected chi connectivity index (χ1v) is 6.43. The van der Waals surface area contributed by atoms with Crippen molar-refractivity contribution in [1.82, 2.24) is 9.97 Å². The largest absolute Gasteiger partial charge is 0.435 e. The number of para-hydroxylation sites is 1. The Labute approximate surface area is 123 Å². The van der Waals surface area contributed by atoms with Gasteiger partial charge in [-0.2, -0.15) is 0 Å². The molecule has 3 rings (SSSR count). The van der Waals surface area contributed by atoms with Crippen LogP contribution < -0.4 is 4.74 Å². The Morgan fingerprint density at radius 3 is 2.65 bits per heavy atom. The Morgan fingerprint density at radius 1 is 1.05 bits per heavy atom. The van der Waals surface area contributed by atoms with Crippen LogP contribution in [0.15, 0.2) is 42.7 Å². The van der Waals surface area contributed by atoms with Crippen molar-refractivity contribution in [3.05, 3.63) is 58.7 Å². The minimum atomic E-state index is -0.489. The van der Waals surface area contributed by atoms with Crippen LogP contribution in [0.2, 0.25) is 10.2 Å². The first-order valence-electron chi connectivity index (χ1n) is 5.68. The van der Waals surface area contributed by atoms with E-state index in [4.69, 9.17) is 27.9 Å². The van der Waals surface area contributed by atoms with Crippen molar-refractivity contribution in [3.8, 4) is 11.6 Å². The number of nitrogens with zero attached hydrogens (tertiary/aromatic N) is 2. The molecule has 100 valence electrons. The van der Waals surface area contributed by atoms with Crippen molar-refractivity contribution < 1.29 is 9.13 Å². The third-order valence-corrected chi connectivity index (χ3v) is 3.30. The maximum atomic E-state index is 13.6. The van der Waals surface area contributed by atoms with Crippen molar-refractivity contribution in [2.75, 3.05) is 0 Å². The Kier molecular flexibility index (Phi) is 3.42. The smallest absolute Gasteiger partial charge is 0.230 e. The van der Waals surface area contributed by atoms with Gasteiger partial charge in [0.25, 0.3) is 0 Å². The molecule has 0 unspecified atom stereocenters. The third-order valence-electron chi connectivity index (χ3n) is 2.71. The highest BCUT2D eigenvalue weighted by atomic mass is 35.5. The van der Waals surface area contributed by atoms with E-state index in [0.29, 0.717) is 15.8 Å². The van der Waals surface area contributed by atoms with E-state index >= 15 is 0 Å². The monoisotopic (exact) mass is 308 g/mol. The summed E-state index contributed by atoms with van der Waals surface area (Å²) in [5, 5.41) is 1.71. The summed E-state index contributed by atoms with van der Waals surface area (Å²) in [6.45, 7) is 0. The molecule has 0 radical (unpaired) electrons. The van der Waals surface area contributed by atoms with E-state index in [9.17, 15) is 4.39 Å². The third kappa shape index (κ3) is 2.28. The van der Waals surface area contributed by atoms with Gasteiger partial charge >= 0.3 is 0 Å². The average Bonchev–Trinajstić information content (AvgIpc) is 2.45. The van der Waals surface area contributed by atoms with E-state index in [0.717, 1.165) is 0 Å². The van der Waals surface area contributed by atoms with Crippen LogP contribution in [0.4, 0.5) is 4.39 Å². The summed E-state index contributed by atoms with van der Waals surface area (Å²) in [6, 6.07) is 7.73. The Balaban J connectivity index is 2.18. The fourth-order valence-corrected chi connectivity index (χ4v) is 2.24. The van der Waals surface area contributed by atoms with Crippen LogP contribution >= 0.6 is 23.2 Å². The Bertz CT molecular complexity index is 795. The van der Waals surface area contributed by atoms with Crippen LogP contribution in [0.3, 0.4) is 0 Å². The number of hydrogen-bond donors (Lipinski definition) is 0. The molecule has 0 bridgehead atoms. The van der Waals surface area contributed by atoms with Gasteiger partial charge in [-0.15, -0.1) is 0 Å². The molecule has 20 heavy (non-hydrogen) atoms. The van der Waals surface area contributed by atoms with Gasteiger partial charge in [0, 0.05) is 17.8 Å². The molecule has 2 aromatic heterocycles. The maximum Gasteiger partial charge on any atom is 0.230 e. The molecule has 1 aromatic carbocycles. The first kappa shape index (κ1) is 13.1. The number of pyridine rings is 2. The number of halogens is 3. The molecule has 3 nitrogen and oxygen atoms in total. The summed E-state index contributed by atoms with van der Waals surface area (Å²) in [5.74, 6) is -0.270. The molecule has 0 fully saturated rings. The SMILES string of the molecule is Fc1ccccc1Oc1nccc2c(Cl)cnc(Cl)c12. The predicted octanol–water partition coefficient (Wildman–Crippen LogP) is 4.87. The van der Waals surface area contributed by atoms with Gasteiger partial charge in [-0.1, -0.05) is 35.3 Å². The number of fused-ring (bicyclic) bond motifs is 1. The summed E-state index contributed by atoms with van der Waals surface area (Å²) < 4.78 is 19.1. The van der Waals surface area contributed by atoms with E-state index in [-0.39, 0.29) is 16.8 Å². The highest BCUT2D eigenvalue weighted by Gasteiger charge is 2.13. The maximum absolute atomic E-state index is 13.6. The molecule has 0 aliphatic carbocycles. The summed E-state index contributed by atoms with van der Waals surface area (Å²) in [7, 11) is 0. The average molecular weight is 309 g/mol. The van der Waals surface area contributed by atoms with Gasteiger partial charge in [0.05, 0.1) is 10.4 Å². The molecular weight excluding hydrogens is 302 g/mol. The fraction of sp³-hybridized carbons (Fsp3) is 0. The van der Waals surface area contributed by atoms with Crippen LogP contribution in [0.25, 0.3) is 10.8 Å². The van der Waals surface area contributed by atoms with E-state index in [2.05, 4.69) is 9.97 Å². The number of ether oxygens (including phenoxy) is 1. The second-order valence-corrected chi connectivity index (χ2v) is 4.73. The zero-order valence-corrected chi connectivity index (χ0v) is 11.5. The predicted molar refractivity (Wildman–Crippen MR) is 76.0 cm³/mol. The van der Waals surface area contributed by atoms with Gasteiger partial charge in [-0.3, -0.25) is 0 Å².